The highest BCUT2D eigenvalue weighted by atomic mass is 16.5. The van der Waals surface area contributed by atoms with Gasteiger partial charge in [-0.1, -0.05) is 13.3 Å². The Bertz CT molecular complexity index is 247. The molecule has 112 valence electrons. The van der Waals surface area contributed by atoms with Gasteiger partial charge in [0.25, 0.3) is 0 Å². The van der Waals surface area contributed by atoms with E-state index in [0.29, 0.717) is 12.2 Å². The molecule has 0 bridgehead atoms. The predicted octanol–water partition coefficient (Wildman–Crippen LogP) is 3.13. The maximum absolute atomic E-state index is 6.10. The summed E-state index contributed by atoms with van der Waals surface area (Å²) in [4.78, 5) is 0. The Kier molecular flexibility index (Phi) is 6.62. The quantitative estimate of drug-likeness (QED) is 0.770. The van der Waals surface area contributed by atoms with E-state index < -0.39 is 0 Å². The summed E-state index contributed by atoms with van der Waals surface area (Å²) in [5.74, 6) is 0.835. The van der Waals surface area contributed by atoms with Crippen LogP contribution in [0.15, 0.2) is 0 Å². The molecule has 3 heteroatoms. The van der Waals surface area contributed by atoms with Crippen LogP contribution in [0.3, 0.4) is 0 Å². The van der Waals surface area contributed by atoms with Crippen LogP contribution in [0.5, 0.6) is 0 Å². The minimum atomic E-state index is 0.430. The lowest BCUT2D eigenvalue weighted by molar-refractivity contribution is -0.0330. The summed E-state index contributed by atoms with van der Waals surface area (Å²) >= 11 is 0. The van der Waals surface area contributed by atoms with E-state index in [1.807, 2.05) is 7.11 Å². The SMILES string of the molecule is CCNC1CCCC1CCOC1CCCC(OC)C1. The zero-order chi connectivity index (χ0) is 13.5. The summed E-state index contributed by atoms with van der Waals surface area (Å²) in [7, 11) is 1.83. The van der Waals surface area contributed by atoms with E-state index >= 15 is 0 Å². The van der Waals surface area contributed by atoms with Crippen molar-refractivity contribution < 1.29 is 9.47 Å². The van der Waals surface area contributed by atoms with Gasteiger partial charge in [0, 0.05) is 19.8 Å². The average Bonchev–Trinajstić information content (AvgIpc) is 2.87. The topological polar surface area (TPSA) is 30.5 Å². The van der Waals surface area contributed by atoms with Gasteiger partial charge in [0.15, 0.2) is 0 Å². The lowest BCUT2D eigenvalue weighted by Crippen LogP contribution is -2.33. The third kappa shape index (κ3) is 4.73. The summed E-state index contributed by atoms with van der Waals surface area (Å²) in [5, 5.41) is 3.62. The first-order valence-electron chi connectivity index (χ1n) is 8.21. The third-order valence-electron chi connectivity index (χ3n) is 4.88. The lowest BCUT2D eigenvalue weighted by Gasteiger charge is -2.29. The number of hydrogen-bond donors (Lipinski definition) is 1. The second-order valence-electron chi connectivity index (χ2n) is 6.16. The van der Waals surface area contributed by atoms with Gasteiger partial charge < -0.3 is 14.8 Å². The summed E-state index contributed by atoms with van der Waals surface area (Å²) in [5.41, 5.74) is 0. The van der Waals surface area contributed by atoms with Crippen LogP contribution in [0.4, 0.5) is 0 Å². The number of hydrogen-bond acceptors (Lipinski definition) is 3. The monoisotopic (exact) mass is 269 g/mol. The maximum atomic E-state index is 6.10. The number of rotatable bonds is 7. The maximum Gasteiger partial charge on any atom is 0.0599 e. The molecular weight excluding hydrogens is 238 g/mol. The minimum Gasteiger partial charge on any atom is -0.381 e. The van der Waals surface area contributed by atoms with Crippen molar-refractivity contribution >= 4 is 0 Å². The van der Waals surface area contributed by atoms with Gasteiger partial charge >= 0.3 is 0 Å². The molecule has 19 heavy (non-hydrogen) atoms. The highest BCUT2D eigenvalue weighted by Gasteiger charge is 2.27. The van der Waals surface area contributed by atoms with Crippen molar-refractivity contribution in [1.29, 1.82) is 0 Å². The normalized spacial score (nSPS) is 35.7. The molecule has 0 aliphatic heterocycles. The van der Waals surface area contributed by atoms with Crippen molar-refractivity contribution in [2.24, 2.45) is 5.92 Å². The Morgan fingerprint density at radius 2 is 1.84 bits per heavy atom. The molecule has 4 unspecified atom stereocenters. The molecule has 3 nitrogen and oxygen atoms in total. The molecule has 0 amide bonds. The molecule has 2 fully saturated rings. The molecule has 4 atom stereocenters. The van der Waals surface area contributed by atoms with E-state index in [2.05, 4.69) is 12.2 Å². The molecule has 0 radical (unpaired) electrons. The van der Waals surface area contributed by atoms with Crippen LogP contribution >= 0.6 is 0 Å². The van der Waals surface area contributed by atoms with E-state index in [0.717, 1.165) is 31.5 Å². The van der Waals surface area contributed by atoms with Gasteiger partial charge in [0.05, 0.1) is 12.2 Å². The number of ether oxygens (including phenoxy) is 2. The lowest BCUT2D eigenvalue weighted by atomic mass is 9.94. The molecule has 0 aromatic rings. The largest absolute Gasteiger partial charge is 0.381 e. The molecule has 0 aromatic heterocycles. The first-order valence-corrected chi connectivity index (χ1v) is 8.21. The Hall–Kier alpha value is -0.120. The molecule has 0 spiro atoms. The summed E-state index contributed by atoms with van der Waals surface area (Å²) in [6, 6.07) is 0.742. The molecule has 1 N–H and O–H groups in total. The minimum absolute atomic E-state index is 0.430. The Morgan fingerprint density at radius 3 is 2.63 bits per heavy atom. The van der Waals surface area contributed by atoms with Gasteiger partial charge in [-0.25, -0.2) is 0 Å². The average molecular weight is 269 g/mol. The van der Waals surface area contributed by atoms with Crippen LogP contribution in [0.25, 0.3) is 0 Å². The van der Waals surface area contributed by atoms with Gasteiger partial charge in [-0.3, -0.25) is 0 Å². The first-order chi connectivity index (χ1) is 9.33. The molecule has 0 aromatic carbocycles. The zero-order valence-electron chi connectivity index (χ0n) is 12.7. The van der Waals surface area contributed by atoms with Crippen LogP contribution in [0, 0.1) is 5.92 Å². The van der Waals surface area contributed by atoms with Crippen molar-refractivity contribution in [2.45, 2.75) is 76.5 Å². The zero-order valence-corrected chi connectivity index (χ0v) is 12.7. The molecular formula is C16H31NO2. The van der Waals surface area contributed by atoms with Gasteiger partial charge in [0.2, 0.25) is 0 Å². The van der Waals surface area contributed by atoms with E-state index in [-0.39, 0.29) is 0 Å². The van der Waals surface area contributed by atoms with E-state index in [1.165, 1.54) is 44.9 Å². The van der Waals surface area contributed by atoms with Crippen LogP contribution in [-0.2, 0) is 9.47 Å². The van der Waals surface area contributed by atoms with E-state index in [4.69, 9.17) is 9.47 Å². The molecule has 2 aliphatic carbocycles. The number of nitrogens with one attached hydrogen (secondary N) is 1. The second kappa shape index (κ2) is 8.23. The van der Waals surface area contributed by atoms with Crippen LogP contribution in [0.2, 0.25) is 0 Å². The highest BCUT2D eigenvalue weighted by Crippen LogP contribution is 2.29. The molecule has 2 saturated carbocycles. The molecule has 0 heterocycles. The Morgan fingerprint density at radius 1 is 1.05 bits per heavy atom. The first kappa shape index (κ1) is 15.3. The standard InChI is InChI=1S/C16H31NO2/c1-3-17-16-9-4-6-13(16)10-11-19-15-8-5-7-14(12-15)18-2/h13-17H,3-12H2,1-2H3. The Labute approximate surface area is 118 Å². The van der Waals surface area contributed by atoms with Crippen molar-refractivity contribution in [3.63, 3.8) is 0 Å². The van der Waals surface area contributed by atoms with E-state index in [9.17, 15) is 0 Å². The smallest absolute Gasteiger partial charge is 0.0599 e. The molecule has 0 saturated heterocycles. The second-order valence-corrected chi connectivity index (χ2v) is 6.16. The van der Waals surface area contributed by atoms with Crippen molar-refractivity contribution in [2.75, 3.05) is 20.3 Å². The fourth-order valence-corrected chi connectivity index (χ4v) is 3.77. The summed E-state index contributed by atoms with van der Waals surface area (Å²) in [6.45, 7) is 4.24. The van der Waals surface area contributed by atoms with Crippen molar-refractivity contribution in [1.82, 2.24) is 5.32 Å². The summed E-state index contributed by atoms with van der Waals surface area (Å²) < 4.78 is 11.6. The fourth-order valence-electron chi connectivity index (χ4n) is 3.77. The van der Waals surface area contributed by atoms with E-state index in [1.54, 1.807) is 0 Å². The van der Waals surface area contributed by atoms with Gasteiger partial charge in [0.1, 0.15) is 0 Å². The van der Waals surface area contributed by atoms with Gasteiger partial charge in [-0.05, 0) is 57.4 Å². The Balaban J connectivity index is 1.63. The number of methoxy groups -OCH3 is 1. The van der Waals surface area contributed by atoms with Crippen LogP contribution < -0.4 is 5.32 Å². The van der Waals surface area contributed by atoms with Crippen molar-refractivity contribution in [3.8, 4) is 0 Å². The van der Waals surface area contributed by atoms with Gasteiger partial charge in [-0.15, -0.1) is 0 Å². The highest BCUT2D eigenvalue weighted by molar-refractivity contribution is 4.83. The van der Waals surface area contributed by atoms with Crippen molar-refractivity contribution in [3.05, 3.63) is 0 Å². The molecule has 2 aliphatic rings. The third-order valence-corrected chi connectivity index (χ3v) is 4.88. The molecule has 2 rings (SSSR count). The van der Waals surface area contributed by atoms with Crippen LogP contribution in [-0.4, -0.2) is 38.5 Å². The summed E-state index contributed by atoms with van der Waals surface area (Å²) in [6.07, 6.45) is 11.0. The van der Waals surface area contributed by atoms with Crippen LogP contribution in [0.1, 0.15) is 58.3 Å². The van der Waals surface area contributed by atoms with Gasteiger partial charge in [-0.2, -0.15) is 0 Å². The predicted molar refractivity (Wildman–Crippen MR) is 78.4 cm³/mol. The fraction of sp³-hybridized carbons (Fsp3) is 1.00.